The number of amides is 1. The predicted molar refractivity (Wildman–Crippen MR) is 146 cm³/mol. The third-order valence-corrected chi connectivity index (χ3v) is 7.56. The summed E-state index contributed by atoms with van der Waals surface area (Å²) in [6, 6.07) is 15.0. The molecule has 0 radical (unpaired) electrons. The van der Waals surface area contributed by atoms with Crippen LogP contribution in [0.15, 0.2) is 60.9 Å². The first-order valence-corrected chi connectivity index (χ1v) is 13.7. The molecule has 0 unspecified atom stereocenters. The summed E-state index contributed by atoms with van der Waals surface area (Å²) >= 11 is 0. The number of aromatic nitrogens is 2. The summed E-state index contributed by atoms with van der Waals surface area (Å²) in [6.45, 7) is 3.84. The Morgan fingerprint density at radius 3 is 2.22 bits per heavy atom. The van der Waals surface area contributed by atoms with Crippen LogP contribution in [-0.4, -0.2) is 59.1 Å². The smallest absolute Gasteiger partial charge is 0.416 e. The third kappa shape index (κ3) is 7.52. The highest BCUT2D eigenvalue weighted by Gasteiger charge is 2.30. The Balaban J connectivity index is 1.04. The van der Waals surface area contributed by atoms with E-state index in [2.05, 4.69) is 26.3 Å². The number of rotatable bonds is 7. The molecule has 5 rings (SSSR count). The van der Waals surface area contributed by atoms with E-state index in [0.717, 1.165) is 55.9 Å². The number of piperidine rings is 2. The fourth-order valence-corrected chi connectivity index (χ4v) is 5.20. The van der Waals surface area contributed by atoms with Gasteiger partial charge in [0.1, 0.15) is 11.8 Å². The van der Waals surface area contributed by atoms with Gasteiger partial charge < -0.3 is 15.0 Å². The van der Waals surface area contributed by atoms with Gasteiger partial charge in [0.05, 0.1) is 29.6 Å². The molecule has 1 aromatic heterocycles. The summed E-state index contributed by atoms with van der Waals surface area (Å²) in [5.41, 5.74) is 2.14. The predicted octanol–water partition coefficient (Wildman–Crippen LogP) is 4.81. The van der Waals surface area contributed by atoms with Crippen molar-refractivity contribution in [2.75, 3.05) is 31.1 Å². The van der Waals surface area contributed by atoms with Crippen LogP contribution in [0.5, 0.6) is 5.88 Å². The molecule has 2 aliphatic rings. The van der Waals surface area contributed by atoms with Crippen LogP contribution in [0.1, 0.15) is 52.9 Å². The van der Waals surface area contributed by atoms with Gasteiger partial charge in [-0.3, -0.25) is 9.69 Å². The zero-order valence-electron chi connectivity index (χ0n) is 22.5. The highest BCUT2D eigenvalue weighted by atomic mass is 19.4. The molecular weight excluding hydrogens is 533 g/mol. The number of hydrogen-bond donors (Lipinski definition) is 1. The maximum Gasteiger partial charge on any atom is 0.416 e. The average molecular weight is 565 g/mol. The topological polar surface area (TPSA) is 94.4 Å². The number of nitriles is 1. The molecule has 1 amide bonds. The van der Waals surface area contributed by atoms with Gasteiger partial charge in [0.2, 0.25) is 5.88 Å². The maximum absolute atomic E-state index is 12.8. The molecule has 3 aromatic rings. The van der Waals surface area contributed by atoms with Crippen molar-refractivity contribution in [2.24, 2.45) is 0 Å². The zero-order valence-corrected chi connectivity index (χ0v) is 22.5. The van der Waals surface area contributed by atoms with Crippen LogP contribution in [0, 0.1) is 11.3 Å². The number of likely N-dealkylation sites (tertiary alicyclic amines) is 1. The maximum atomic E-state index is 12.8. The van der Waals surface area contributed by atoms with Crippen LogP contribution in [0.4, 0.5) is 18.9 Å². The van der Waals surface area contributed by atoms with Crippen LogP contribution in [0.3, 0.4) is 0 Å². The van der Waals surface area contributed by atoms with Gasteiger partial charge in [0.15, 0.2) is 0 Å². The summed E-state index contributed by atoms with van der Waals surface area (Å²) in [7, 11) is 0. The van der Waals surface area contributed by atoms with E-state index in [1.54, 1.807) is 0 Å². The number of nitrogens with one attached hydrogen (secondary N) is 1. The van der Waals surface area contributed by atoms with Gasteiger partial charge in [0, 0.05) is 57.3 Å². The second-order valence-electron chi connectivity index (χ2n) is 10.4. The Labute approximate surface area is 236 Å². The third-order valence-electron chi connectivity index (χ3n) is 7.56. The SMILES string of the molecule is N#Cc1ccc(CN2CCC(NC(=O)c3cnc(OC4CCN(c5ccc(C(F)(F)F)cc5)CC4)cn3)CC2)cc1. The molecule has 2 aromatic carbocycles. The number of carbonyl (C=O) groups is 1. The van der Waals surface area contributed by atoms with E-state index >= 15 is 0 Å². The van der Waals surface area contributed by atoms with Crippen LogP contribution < -0.4 is 15.0 Å². The minimum atomic E-state index is -4.34. The molecule has 8 nitrogen and oxygen atoms in total. The largest absolute Gasteiger partial charge is 0.473 e. The van der Waals surface area contributed by atoms with Crippen LogP contribution in [0.25, 0.3) is 0 Å². The van der Waals surface area contributed by atoms with Gasteiger partial charge in [-0.15, -0.1) is 0 Å². The van der Waals surface area contributed by atoms with Crippen LogP contribution in [0.2, 0.25) is 0 Å². The van der Waals surface area contributed by atoms with Crippen molar-refractivity contribution in [1.29, 1.82) is 5.26 Å². The van der Waals surface area contributed by atoms with E-state index in [9.17, 15) is 18.0 Å². The minimum Gasteiger partial charge on any atom is -0.473 e. The summed E-state index contributed by atoms with van der Waals surface area (Å²) in [5.74, 6) is 0.0742. The number of hydrogen-bond acceptors (Lipinski definition) is 7. The number of alkyl halides is 3. The Morgan fingerprint density at radius 2 is 1.63 bits per heavy atom. The molecular formula is C30H31F3N6O2. The lowest BCUT2D eigenvalue weighted by Gasteiger charge is -2.33. The fourth-order valence-electron chi connectivity index (χ4n) is 5.20. The zero-order chi connectivity index (χ0) is 28.8. The molecule has 0 saturated carbocycles. The monoisotopic (exact) mass is 564 g/mol. The van der Waals surface area contributed by atoms with Gasteiger partial charge in [-0.2, -0.15) is 18.4 Å². The van der Waals surface area contributed by atoms with Crippen molar-refractivity contribution in [3.05, 3.63) is 83.3 Å². The van der Waals surface area contributed by atoms with Crippen molar-refractivity contribution in [3.8, 4) is 11.9 Å². The van der Waals surface area contributed by atoms with Gasteiger partial charge in [-0.1, -0.05) is 12.1 Å². The van der Waals surface area contributed by atoms with Crippen molar-refractivity contribution in [2.45, 2.75) is 50.6 Å². The molecule has 0 spiro atoms. The van der Waals surface area contributed by atoms with E-state index in [-0.39, 0.29) is 23.7 Å². The van der Waals surface area contributed by atoms with E-state index in [1.807, 2.05) is 29.2 Å². The summed E-state index contributed by atoms with van der Waals surface area (Å²) in [4.78, 5) is 25.6. The number of anilines is 1. The highest BCUT2D eigenvalue weighted by Crippen LogP contribution is 2.31. The molecule has 0 aliphatic carbocycles. The average Bonchev–Trinajstić information content (AvgIpc) is 2.99. The standard InChI is InChI=1S/C30H31F3N6O2/c31-30(32,33)23-5-7-25(8-6-23)39-15-11-26(12-16-39)41-28-19-35-27(18-36-28)29(40)37-24-9-13-38(14-10-24)20-22-3-1-21(17-34)2-4-22/h1-8,18-19,24,26H,9-16,20H2,(H,37,40). The first-order valence-electron chi connectivity index (χ1n) is 13.7. The van der Waals surface area contributed by atoms with Gasteiger partial charge in [-0.25, -0.2) is 9.97 Å². The molecule has 0 bridgehead atoms. The number of nitrogens with zero attached hydrogens (tertiary/aromatic N) is 5. The van der Waals surface area contributed by atoms with E-state index < -0.39 is 11.7 Å². The summed E-state index contributed by atoms with van der Waals surface area (Å²) in [5, 5.41) is 12.0. The van der Waals surface area contributed by atoms with Crippen molar-refractivity contribution in [3.63, 3.8) is 0 Å². The number of benzene rings is 2. The van der Waals surface area contributed by atoms with E-state index in [4.69, 9.17) is 10.00 Å². The highest BCUT2D eigenvalue weighted by molar-refractivity contribution is 5.92. The molecule has 2 aliphatic heterocycles. The number of halogens is 3. The normalized spacial score (nSPS) is 17.2. The van der Waals surface area contributed by atoms with Gasteiger partial charge in [-0.05, 0) is 54.8 Å². The first-order chi connectivity index (χ1) is 19.8. The number of carbonyl (C=O) groups excluding carboxylic acids is 1. The minimum absolute atomic E-state index is 0.0623. The quantitative estimate of drug-likeness (QED) is 0.440. The molecule has 0 atom stereocenters. The Bertz CT molecular complexity index is 1340. The van der Waals surface area contributed by atoms with Crippen molar-refractivity contribution < 1.29 is 22.7 Å². The van der Waals surface area contributed by atoms with Crippen molar-refractivity contribution in [1.82, 2.24) is 20.2 Å². The van der Waals surface area contributed by atoms with E-state index in [0.29, 0.717) is 37.4 Å². The second kappa shape index (κ2) is 12.6. The molecule has 1 N–H and O–H groups in total. The Morgan fingerprint density at radius 1 is 0.951 bits per heavy atom. The molecule has 41 heavy (non-hydrogen) atoms. The van der Waals surface area contributed by atoms with Crippen molar-refractivity contribution >= 4 is 11.6 Å². The lowest BCUT2D eigenvalue weighted by Crippen LogP contribution is -2.44. The summed E-state index contributed by atoms with van der Waals surface area (Å²) in [6.07, 6.45) is 1.49. The summed E-state index contributed by atoms with van der Waals surface area (Å²) < 4.78 is 44.4. The Hall–Kier alpha value is -4.17. The van der Waals surface area contributed by atoms with E-state index in [1.165, 1.54) is 24.5 Å². The lowest BCUT2D eigenvalue weighted by molar-refractivity contribution is -0.137. The van der Waals surface area contributed by atoms with Crippen LogP contribution in [-0.2, 0) is 12.7 Å². The first kappa shape index (κ1) is 28.4. The molecule has 214 valence electrons. The molecule has 2 saturated heterocycles. The molecule has 2 fully saturated rings. The van der Waals surface area contributed by atoms with Crippen LogP contribution >= 0.6 is 0 Å². The van der Waals surface area contributed by atoms with Gasteiger partial charge >= 0.3 is 6.18 Å². The second-order valence-corrected chi connectivity index (χ2v) is 10.4. The number of ether oxygens (including phenoxy) is 1. The molecule has 11 heteroatoms. The lowest BCUT2D eigenvalue weighted by atomic mass is 10.0. The van der Waals surface area contributed by atoms with Gasteiger partial charge in [0.25, 0.3) is 5.91 Å². The fraction of sp³-hybridized carbons (Fsp3) is 0.400. The molecule has 3 heterocycles. The Kier molecular flexibility index (Phi) is 8.69.